The maximum Gasteiger partial charge on any atom is 0.108 e. The van der Waals surface area contributed by atoms with E-state index in [0.717, 1.165) is 13.0 Å². The summed E-state index contributed by atoms with van der Waals surface area (Å²) in [7, 11) is 0. The third kappa shape index (κ3) is 2.80. The van der Waals surface area contributed by atoms with Gasteiger partial charge in [-0.2, -0.15) is 0 Å². The van der Waals surface area contributed by atoms with Gasteiger partial charge in [0.25, 0.3) is 0 Å². The maximum absolute atomic E-state index is 5.76. The lowest BCUT2D eigenvalue weighted by Crippen LogP contribution is -2.42. The standard InChI is InChI=1S/C9H19NO/c1-3-5-8-6-7-10-9(4-2)11-8/h8-10H,3-7H2,1-2H3. The van der Waals surface area contributed by atoms with Gasteiger partial charge in [-0.15, -0.1) is 0 Å². The predicted octanol–water partition coefficient (Wildman–Crippen LogP) is 1.90. The largest absolute Gasteiger partial charge is 0.360 e. The van der Waals surface area contributed by atoms with E-state index >= 15 is 0 Å². The minimum Gasteiger partial charge on any atom is -0.360 e. The molecule has 2 heteroatoms. The van der Waals surface area contributed by atoms with Crippen LogP contribution in [-0.4, -0.2) is 18.9 Å². The Morgan fingerprint density at radius 3 is 2.91 bits per heavy atom. The maximum atomic E-state index is 5.76. The van der Waals surface area contributed by atoms with Gasteiger partial charge in [0, 0.05) is 0 Å². The molecule has 11 heavy (non-hydrogen) atoms. The number of rotatable bonds is 3. The predicted molar refractivity (Wildman–Crippen MR) is 46.5 cm³/mol. The van der Waals surface area contributed by atoms with Crippen molar-refractivity contribution in [1.82, 2.24) is 5.32 Å². The van der Waals surface area contributed by atoms with Gasteiger partial charge in [-0.25, -0.2) is 0 Å². The average Bonchev–Trinajstić information content (AvgIpc) is 2.06. The molecule has 0 aromatic carbocycles. The third-order valence-corrected chi connectivity index (χ3v) is 2.18. The molecule has 0 amide bonds. The lowest BCUT2D eigenvalue weighted by Gasteiger charge is -2.30. The van der Waals surface area contributed by atoms with Crippen LogP contribution < -0.4 is 5.32 Å². The van der Waals surface area contributed by atoms with E-state index in [-0.39, 0.29) is 0 Å². The Morgan fingerprint density at radius 2 is 2.27 bits per heavy atom. The van der Waals surface area contributed by atoms with Crippen LogP contribution in [-0.2, 0) is 4.74 Å². The molecule has 0 aliphatic carbocycles. The lowest BCUT2D eigenvalue weighted by molar-refractivity contribution is -0.0653. The summed E-state index contributed by atoms with van der Waals surface area (Å²) >= 11 is 0. The highest BCUT2D eigenvalue weighted by Gasteiger charge is 2.18. The van der Waals surface area contributed by atoms with Crippen molar-refractivity contribution in [2.75, 3.05) is 6.54 Å². The monoisotopic (exact) mass is 157 g/mol. The Balaban J connectivity index is 2.21. The summed E-state index contributed by atoms with van der Waals surface area (Å²) in [4.78, 5) is 0. The first-order valence-corrected chi connectivity index (χ1v) is 4.75. The fourth-order valence-corrected chi connectivity index (χ4v) is 1.53. The fraction of sp³-hybridized carbons (Fsp3) is 1.00. The fourth-order valence-electron chi connectivity index (χ4n) is 1.53. The average molecular weight is 157 g/mol. The highest BCUT2D eigenvalue weighted by atomic mass is 16.5. The quantitative estimate of drug-likeness (QED) is 0.675. The number of nitrogens with one attached hydrogen (secondary N) is 1. The van der Waals surface area contributed by atoms with Gasteiger partial charge in [-0.3, -0.25) is 5.32 Å². The Labute approximate surface area is 69.3 Å². The van der Waals surface area contributed by atoms with Crippen molar-refractivity contribution >= 4 is 0 Å². The van der Waals surface area contributed by atoms with Gasteiger partial charge in [0.15, 0.2) is 0 Å². The number of hydrogen-bond acceptors (Lipinski definition) is 2. The van der Waals surface area contributed by atoms with Crippen molar-refractivity contribution < 1.29 is 4.74 Å². The molecule has 0 aromatic rings. The molecule has 1 aliphatic rings. The van der Waals surface area contributed by atoms with E-state index in [4.69, 9.17) is 4.74 Å². The Morgan fingerprint density at radius 1 is 1.45 bits per heavy atom. The molecule has 0 aromatic heterocycles. The molecule has 2 nitrogen and oxygen atoms in total. The van der Waals surface area contributed by atoms with E-state index in [1.807, 2.05) is 0 Å². The summed E-state index contributed by atoms with van der Waals surface area (Å²) in [6.45, 7) is 5.50. The Bertz CT molecular complexity index is 104. The van der Waals surface area contributed by atoms with Gasteiger partial charge < -0.3 is 4.74 Å². The van der Waals surface area contributed by atoms with Gasteiger partial charge in [-0.1, -0.05) is 20.3 Å². The van der Waals surface area contributed by atoms with Crippen molar-refractivity contribution in [3.05, 3.63) is 0 Å². The van der Waals surface area contributed by atoms with Gasteiger partial charge in [0.1, 0.15) is 6.23 Å². The van der Waals surface area contributed by atoms with Crippen LogP contribution in [0.25, 0.3) is 0 Å². The second kappa shape index (κ2) is 4.73. The van der Waals surface area contributed by atoms with Crippen LogP contribution >= 0.6 is 0 Å². The lowest BCUT2D eigenvalue weighted by atomic mass is 10.1. The van der Waals surface area contributed by atoms with E-state index in [1.54, 1.807) is 0 Å². The van der Waals surface area contributed by atoms with Crippen molar-refractivity contribution in [2.45, 2.75) is 51.9 Å². The summed E-state index contributed by atoms with van der Waals surface area (Å²) in [5.41, 5.74) is 0. The zero-order chi connectivity index (χ0) is 8.10. The summed E-state index contributed by atoms with van der Waals surface area (Å²) < 4.78 is 5.76. The van der Waals surface area contributed by atoms with Crippen LogP contribution in [0.2, 0.25) is 0 Å². The third-order valence-electron chi connectivity index (χ3n) is 2.18. The van der Waals surface area contributed by atoms with Crippen LogP contribution in [0.5, 0.6) is 0 Å². The number of ether oxygens (including phenoxy) is 1. The van der Waals surface area contributed by atoms with Gasteiger partial charge in [-0.05, 0) is 25.8 Å². The molecule has 0 saturated carbocycles. The van der Waals surface area contributed by atoms with Crippen LogP contribution in [0.4, 0.5) is 0 Å². The molecule has 2 atom stereocenters. The van der Waals surface area contributed by atoms with Crippen LogP contribution in [0.15, 0.2) is 0 Å². The van der Waals surface area contributed by atoms with E-state index < -0.39 is 0 Å². The van der Waals surface area contributed by atoms with Crippen LogP contribution in [0, 0.1) is 0 Å². The second-order valence-electron chi connectivity index (χ2n) is 3.19. The molecule has 1 rings (SSSR count). The van der Waals surface area contributed by atoms with E-state index in [1.165, 1.54) is 19.3 Å². The van der Waals surface area contributed by atoms with Gasteiger partial charge >= 0.3 is 0 Å². The van der Waals surface area contributed by atoms with Crippen LogP contribution in [0.3, 0.4) is 0 Å². The van der Waals surface area contributed by atoms with Crippen LogP contribution in [0.1, 0.15) is 39.5 Å². The molecule has 1 saturated heterocycles. The number of hydrogen-bond donors (Lipinski definition) is 1. The van der Waals surface area contributed by atoms with E-state index in [2.05, 4.69) is 19.2 Å². The molecule has 1 heterocycles. The first-order valence-electron chi connectivity index (χ1n) is 4.75. The molecule has 0 bridgehead atoms. The SMILES string of the molecule is CCCC1CCNC(CC)O1. The summed E-state index contributed by atoms with van der Waals surface area (Å²) in [5, 5.41) is 3.33. The highest BCUT2D eigenvalue weighted by Crippen LogP contribution is 2.13. The van der Waals surface area contributed by atoms with Crippen molar-refractivity contribution in [1.29, 1.82) is 0 Å². The molecule has 2 unspecified atom stereocenters. The molecule has 0 radical (unpaired) electrons. The zero-order valence-corrected chi connectivity index (χ0v) is 7.60. The van der Waals surface area contributed by atoms with Gasteiger partial charge in [0.05, 0.1) is 6.10 Å². The van der Waals surface area contributed by atoms with E-state index in [0.29, 0.717) is 12.3 Å². The van der Waals surface area contributed by atoms with Gasteiger partial charge in [0.2, 0.25) is 0 Å². The second-order valence-corrected chi connectivity index (χ2v) is 3.19. The highest BCUT2D eigenvalue weighted by molar-refractivity contribution is 4.68. The molecule has 0 spiro atoms. The first kappa shape index (κ1) is 9.01. The molecule has 66 valence electrons. The molecule has 1 aliphatic heterocycles. The molecule has 1 N–H and O–H groups in total. The summed E-state index contributed by atoms with van der Waals surface area (Å²) in [6, 6.07) is 0. The summed E-state index contributed by atoms with van der Waals surface area (Å²) in [6.07, 6.45) is 5.57. The minimum absolute atomic E-state index is 0.320. The Kier molecular flexibility index (Phi) is 3.87. The van der Waals surface area contributed by atoms with Crippen molar-refractivity contribution in [3.63, 3.8) is 0 Å². The Hall–Kier alpha value is -0.0800. The molecular formula is C9H19NO. The van der Waals surface area contributed by atoms with E-state index in [9.17, 15) is 0 Å². The molecule has 1 fully saturated rings. The zero-order valence-electron chi connectivity index (χ0n) is 7.60. The van der Waals surface area contributed by atoms with Crippen molar-refractivity contribution in [3.8, 4) is 0 Å². The summed E-state index contributed by atoms with van der Waals surface area (Å²) in [5.74, 6) is 0. The van der Waals surface area contributed by atoms with Crippen molar-refractivity contribution in [2.24, 2.45) is 0 Å². The topological polar surface area (TPSA) is 21.3 Å². The smallest absolute Gasteiger partial charge is 0.108 e. The molecular weight excluding hydrogens is 138 g/mol. The first-order chi connectivity index (χ1) is 5.36. The minimum atomic E-state index is 0.320. The normalized spacial score (nSPS) is 32.2.